The fourth-order valence-corrected chi connectivity index (χ4v) is 3.41. The molecular formula is C24H37IN4O4. The zero-order valence-electron chi connectivity index (χ0n) is 19.5. The molecule has 0 radical (unpaired) electrons. The Morgan fingerprint density at radius 3 is 2.52 bits per heavy atom. The largest absolute Gasteiger partial charge is 0.491 e. The summed E-state index contributed by atoms with van der Waals surface area (Å²) in [6.45, 7) is 10.1. The van der Waals surface area contributed by atoms with Crippen molar-refractivity contribution in [1.82, 2.24) is 15.5 Å². The first-order valence-electron chi connectivity index (χ1n) is 11.4. The first-order chi connectivity index (χ1) is 15.6. The number of aliphatic hydroxyl groups excluding tert-OH is 1. The number of benzene rings is 1. The van der Waals surface area contributed by atoms with Gasteiger partial charge >= 0.3 is 0 Å². The van der Waals surface area contributed by atoms with Crippen molar-refractivity contribution in [1.29, 1.82) is 0 Å². The average Bonchev–Trinajstić information content (AvgIpc) is 3.31. The van der Waals surface area contributed by atoms with Crippen molar-refractivity contribution >= 4 is 29.9 Å². The first kappa shape index (κ1) is 27.4. The highest BCUT2D eigenvalue weighted by Crippen LogP contribution is 2.19. The van der Waals surface area contributed by atoms with E-state index in [1.165, 1.54) is 0 Å². The number of hydrogen-bond acceptors (Lipinski definition) is 6. The summed E-state index contributed by atoms with van der Waals surface area (Å²) in [7, 11) is 0. The van der Waals surface area contributed by atoms with Crippen molar-refractivity contribution in [3.8, 4) is 5.75 Å². The number of aliphatic imine (C=N–C) groups is 1. The Morgan fingerprint density at radius 2 is 1.85 bits per heavy atom. The summed E-state index contributed by atoms with van der Waals surface area (Å²) < 4.78 is 16.5. The molecule has 0 saturated carbocycles. The van der Waals surface area contributed by atoms with Gasteiger partial charge in [0.25, 0.3) is 0 Å². The van der Waals surface area contributed by atoms with Crippen LogP contribution in [0.15, 0.2) is 52.1 Å². The fraction of sp³-hybridized carbons (Fsp3) is 0.542. The first-order valence-corrected chi connectivity index (χ1v) is 11.4. The number of hydrogen-bond donors (Lipinski definition) is 3. The van der Waals surface area contributed by atoms with Crippen LogP contribution < -0.4 is 15.4 Å². The molecule has 3 N–H and O–H groups in total. The minimum atomic E-state index is -0.689. The summed E-state index contributed by atoms with van der Waals surface area (Å²) in [6, 6.07) is 11.4. The summed E-state index contributed by atoms with van der Waals surface area (Å²) in [5, 5.41) is 17.3. The van der Waals surface area contributed by atoms with Crippen LogP contribution >= 0.6 is 24.0 Å². The Hall–Kier alpha value is -1.82. The Kier molecular flexibility index (Phi) is 12.6. The minimum absolute atomic E-state index is 0. The van der Waals surface area contributed by atoms with Crippen molar-refractivity contribution in [2.45, 2.75) is 32.5 Å². The summed E-state index contributed by atoms with van der Waals surface area (Å²) in [5.74, 6) is 2.40. The number of nitrogens with one attached hydrogen (secondary N) is 2. The van der Waals surface area contributed by atoms with Crippen molar-refractivity contribution in [2.24, 2.45) is 4.99 Å². The third-order valence-corrected chi connectivity index (χ3v) is 5.13. The molecule has 0 aliphatic carbocycles. The van der Waals surface area contributed by atoms with E-state index < -0.39 is 6.10 Å². The highest BCUT2D eigenvalue weighted by atomic mass is 127. The van der Waals surface area contributed by atoms with E-state index in [9.17, 15) is 5.11 Å². The Labute approximate surface area is 213 Å². The van der Waals surface area contributed by atoms with Crippen LogP contribution in [0.25, 0.3) is 0 Å². The third kappa shape index (κ3) is 10.3. The number of ether oxygens (including phenoxy) is 2. The topological polar surface area (TPSA) is 91.5 Å². The zero-order chi connectivity index (χ0) is 22.6. The minimum Gasteiger partial charge on any atom is -0.491 e. The molecule has 9 heteroatoms. The summed E-state index contributed by atoms with van der Waals surface area (Å²) >= 11 is 0. The van der Waals surface area contributed by atoms with Crippen LogP contribution in [0.3, 0.4) is 0 Å². The number of morpholine rings is 1. The standard InChI is InChI=1S/C24H36N4O4.HI/c1-19(2)32-22-7-5-20(6-8-22)23(29)18-27-24(25-10-9-21-4-3-15-31-21)26-11-12-28-13-16-30-17-14-28;/h3-8,15,19,23,29H,9-14,16-18H2,1-2H3,(H2,25,26,27);1H. The number of halogens is 1. The second-order valence-electron chi connectivity index (χ2n) is 8.08. The van der Waals surface area contributed by atoms with Gasteiger partial charge < -0.3 is 29.6 Å². The maximum Gasteiger partial charge on any atom is 0.191 e. The van der Waals surface area contributed by atoms with Gasteiger partial charge in [-0.15, -0.1) is 24.0 Å². The average molecular weight is 572 g/mol. The molecule has 2 heterocycles. The highest BCUT2D eigenvalue weighted by molar-refractivity contribution is 14.0. The highest BCUT2D eigenvalue weighted by Gasteiger charge is 2.11. The van der Waals surface area contributed by atoms with Crippen LogP contribution in [0.5, 0.6) is 5.75 Å². The summed E-state index contributed by atoms with van der Waals surface area (Å²) in [5.41, 5.74) is 0.813. The molecule has 3 rings (SSSR count). The van der Waals surface area contributed by atoms with Crippen LogP contribution in [0, 0.1) is 0 Å². The number of guanidine groups is 1. The van der Waals surface area contributed by atoms with Crippen molar-refractivity contribution in [3.05, 3.63) is 54.0 Å². The predicted octanol–water partition coefficient (Wildman–Crippen LogP) is 2.83. The SMILES string of the molecule is CC(C)Oc1ccc(C(O)CN=C(NCCc2ccco2)NCCN2CCOCC2)cc1.I. The summed E-state index contributed by atoms with van der Waals surface area (Å²) in [4.78, 5) is 6.98. The molecule has 1 aromatic carbocycles. The molecular weight excluding hydrogens is 535 g/mol. The lowest BCUT2D eigenvalue weighted by molar-refractivity contribution is 0.0389. The molecule has 0 bridgehead atoms. The third-order valence-electron chi connectivity index (χ3n) is 5.13. The van der Waals surface area contributed by atoms with Gasteiger partial charge in [0.2, 0.25) is 0 Å². The Balaban J connectivity index is 0.00000385. The van der Waals surface area contributed by atoms with Gasteiger partial charge in [-0.05, 0) is 43.7 Å². The molecule has 1 saturated heterocycles. The molecule has 8 nitrogen and oxygen atoms in total. The van der Waals surface area contributed by atoms with E-state index in [1.807, 2.05) is 50.2 Å². The van der Waals surface area contributed by atoms with Crippen molar-refractivity contribution in [3.63, 3.8) is 0 Å². The van der Waals surface area contributed by atoms with Gasteiger partial charge in [0.1, 0.15) is 11.5 Å². The fourth-order valence-electron chi connectivity index (χ4n) is 3.41. The quantitative estimate of drug-likeness (QED) is 0.217. The van der Waals surface area contributed by atoms with Crippen LogP contribution in [0.4, 0.5) is 0 Å². The van der Waals surface area contributed by atoms with E-state index in [4.69, 9.17) is 13.9 Å². The van der Waals surface area contributed by atoms with Crippen LogP contribution in [0.1, 0.15) is 31.3 Å². The van der Waals surface area contributed by atoms with Gasteiger partial charge in [0.15, 0.2) is 5.96 Å². The Morgan fingerprint density at radius 1 is 1.12 bits per heavy atom. The number of aliphatic hydroxyl groups is 1. The van der Waals surface area contributed by atoms with E-state index in [2.05, 4.69) is 20.5 Å². The van der Waals surface area contributed by atoms with Crippen molar-refractivity contribution < 1.29 is 19.0 Å². The molecule has 1 aliphatic rings. The van der Waals surface area contributed by atoms with Gasteiger partial charge in [-0.2, -0.15) is 0 Å². The van der Waals surface area contributed by atoms with Crippen LogP contribution in [-0.4, -0.2) is 74.6 Å². The van der Waals surface area contributed by atoms with Crippen LogP contribution in [0.2, 0.25) is 0 Å². The molecule has 2 aromatic rings. The maximum absolute atomic E-state index is 10.6. The lowest BCUT2D eigenvalue weighted by Gasteiger charge is -2.26. The smallest absolute Gasteiger partial charge is 0.191 e. The second kappa shape index (κ2) is 15.2. The van der Waals surface area contributed by atoms with Gasteiger partial charge in [0.05, 0.1) is 38.2 Å². The molecule has 1 atom stereocenters. The van der Waals surface area contributed by atoms with E-state index in [1.54, 1.807) is 6.26 Å². The number of furan rings is 1. The maximum atomic E-state index is 10.6. The molecule has 1 aromatic heterocycles. The molecule has 0 spiro atoms. The molecule has 1 aliphatic heterocycles. The van der Waals surface area contributed by atoms with Crippen molar-refractivity contribution in [2.75, 3.05) is 52.5 Å². The van der Waals surface area contributed by atoms with E-state index in [0.717, 1.165) is 62.9 Å². The van der Waals surface area contributed by atoms with Crippen LogP contribution in [-0.2, 0) is 11.2 Å². The van der Waals surface area contributed by atoms with Gasteiger partial charge in [0, 0.05) is 39.1 Å². The summed E-state index contributed by atoms with van der Waals surface area (Å²) in [6.07, 6.45) is 1.87. The normalized spacial score (nSPS) is 15.7. The predicted molar refractivity (Wildman–Crippen MR) is 141 cm³/mol. The molecule has 184 valence electrons. The number of nitrogens with zero attached hydrogens (tertiary/aromatic N) is 2. The monoisotopic (exact) mass is 572 g/mol. The second-order valence-corrected chi connectivity index (χ2v) is 8.08. The number of rotatable bonds is 11. The Bertz CT molecular complexity index is 793. The van der Waals surface area contributed by atoms with Gasteiger partial charge in [-0.1, -0.05) is 12.1 Å². The molecule has 33 heavy (non-hydrogen) atoms. The van der Waals surface area contributed by atoms with E-state index in [-0.39, 0.29) is 36.6 Å². The molecule has 1 unspecified atom stereocenters. The van der Waals surface area contributed by atoms with Gasteiger partial charge in [-0.3, -0.25) is 9.89 Å². The molecule has 0 amide bonds. The van der Waals surface area contributed by atoms with E-state index >= 15 is 0 Å². The molecule has 1 fully saturated rings. The lowest BCUT2D eigenvalue weighted by atomic mass is 10.1. The van der Waals surface area contributed by atoms with Gasteiger partial charge in [-0.25, -0.2) is 0 Å². The zero-order valence-corrected chi connectivity index (χ0v) is 21.9. The lowest BCUT2D eigenvalue weighted by Crippen LogP contribution is -2.45. The van der Waals surface area contributed by atoms with E-state index in [0.29, 0.717) is 12.5 Å².